The quantitative estimate of drug-likeness (QED) is 0.566. The van der Waals surface area contributed by atoms with Gasteiger partial charge in [-0.3, -0.25) is 19.5 Å². The summed E-state index contributed by atoms with van der Waals surface area (Å²) in [6, 6.07) is 1.79. The molecule has 9 nitrogen and oxygen atoms in total. The number of halogens is 3. The highest BCUT2D eigenvalue weighted by Gasteiger charge is 2.56. The zero-order valence-corrected chi connectivity index (χ0v) is 20.3. The van der Waals surface area contributed by atoms with Crippen molar-refractivity contribution in [2.75, 3.05) is 17.7 Å². The molecule has 2 aliphatic rings. The van der Waals surface area contributed by atoms with E-state index in [0.29, 0.717) is 41.8 Å². The molecule has 198 valence electrons. The molecule has 1 aliphatic heterocycles. The first-order valence-corrected chi connectivity index (χ1v) is 12.2. The predicted octanol–water partition coefficient (Wildman–Crippen LogP) is 3.31. The van der Waals surface area contributed by atoms with Crippen LogP contribution in [0.15, 0.2) is 42.9 Å². The Labute approximate surface area is 212 Å². The fourth-order valence-electron chi connectivity index (χ4n) is 5.15. The van der Waals surface area contributed by atoms with Gasteiger partial charge in [0.25, 0.3) is 5.91 Å². The molecule has 2 fully saturated rings. The molecular weight excluding hydrogens is 489 g/mol. The molecule has 2 aromatic heterocycles. The summed E-state index contributed by atoms with van der Waals surface area (Å²) in [5.41, 5.74) is 6.76. The third kappa shape index (κ3) is 5.67. The molecule has 0 bridgehead atoms. The van der Waals surface area contributed by atoms with Gasteiger partial charge in [0.1, 0.15) is 17.9 Å². The number of rotatable bonds is 6. The first-order chi connectivity index (χ1) is 17.6. The third-order valence-corrected chi connectivity index (χ3v) is 7.10. The number of nitrogens with two attached hydrogens (primary N) is 1. The van der Waals surface area contributed by atoms with E-state index in [-0.39, 0.29) is 12.2 Å². The molecule has 3 atom stereocenters. The number of anilines is 2. The summed E-state index contributed by atoms with van der Waals surface area (Å²) in [4.78, 5) is 49.5. The Balaban J connectivity index is 1.60. The average molecular weight is 519 g/mol. The molecule has 4 amide bonds. The van der Waals surface area contributed by atoms with E-state index in [1.54, 1.807) is 24.3 Å². The van der Waals surface area contributed by atoms with E-state index in [2.05, 4.69) is 9.97 Å². The van der Waals surface area contributed by atoms with Gasteiger partial charge in [-0.2, -0.15) is 13.2 Å². The lowest BCUT2D eigenvalue weighted by atomic mass is 9.81. The van der Waals surface area contributed by atoms with E-state index in [1.807, 2.05) is 5.32 Å². The van der Waals surface area contributed by atoms with E-state index in [9.17, 15) is 27.6 Å². The number of nitrogens with one attached hydrogen (secondary N) is 1. The summed E-state index contributed by atoms with van der Waals surface area (Å²) in [6.07, 6.45) is 2.58. The van der Waals surface area contributed by atoms with Gasteiger partial charge in [-0.1, -0.05) is 19.3 Å². The molecule has 0 spiro atoms. The minimum absolute atomic E-state index is 0.0674. The Hall–Kier alpha value is -3.70. The second-order valence-corrected chi connectivity index (χ2v) is 9.53. The van der Waals surface area contributed by atoms with Crippen molar-refractivity contribution < 1.29 is 27.6 Å². The van der Waals surface area contributed by atoms with Crippen molar-refractivity contribution in [2.24, 2.45) is 11.8 Å². The number of alkyl halides is 3. The Bertz CT molecular complexity index is 1140. The number of carbonyl (C=O) groups excluding carboxylic acids is 3. The minimum Gasteiger partial charge on any atom is -0.384 e. The number of pyridine rings is 2. The molecular formula is C25H29F3N6O3. The molecule has 1 unspecified atom stereocenters. The zero-order chi connectivity index (χ0) is 26.7. The highest BCUT2D eigenvalue weighted by Crippen LogP contribution is 2.37. The fourth-order valence-corrected chi connectivity index (χ4v) is 5.15. The van der Waals surface area contributed by atoms with E-state index >= 15 is 0 Å². The summed E-state index contributed by atoms with van der Waals surface area (Å²) < 4.78 is 41.8. The molecule has 1 saturated carbocycles. The molecule has 0 radical (unpaired) electrons. The number of hydrogen-bond donors (Lipinski definition) is 2. The predicted molar refractivity (Wildman–Crippen MR) is 129 cm³/mol. The maximum atomic E-state index is 13.9. The Morgan fingerprint density at radius 3 is 2.57 bits per heavy atom. The molecule has 37 heavy (non-hydrogen) atoms. The highest BCUT2D eigenvalue weighted by molar-refractivity contribution is 6.12. The third-order valence-electron chi connectivity index (χ3n) is 7.10. The number of amides is 4. The summed E-state index contributed by atoms with van der Waals surface area (Å²) in [7, 11) is 1.46. The van der Waals surface area contributed by atoms with Gasteiger partial charge in [-0.05, 0) is 55.0 Å². The van der Waals surface area contributed by atoms with Crippen molar-refractivity contribution in [1.82, 2.24) is 20.2 Å². The summed E-state index contributed by atoms with van der Waals surface area (Å²) in [6.45, 7) is 0. The van der Waals surface area contributed by atoms with Crippen LogP contribution in [-0.2, 0) is 16.0 Å². The Kier molecular flexibility index (Phi) is 7.65. The van der Waals surface area contributed by atoms with Crippen LogP contribution in [0.5, 0.6) is 0 Å². The number of nitrogen functional groups attached to an aromatic ring is 1. The number of imide groups is 1. The Morgan fingerprint density at radius 1 is 1.22 bits per heavy atom. The van der Waals surface area contributed by atoms with Crippen LogP contribution in [0.3, 0.4) is 0 Å². The number of urea groups is 1. The van der Waals surface area contributed by atoms with Crippen LogP contribution in [0.4, 0.5) is 29.5 Å². The highest BCUT2D eigenvalue weighted by atomic mass is 19.4. The lowest BCUT2D eigenvalue weighted by molar-refractivity contribution is -0.170. The van der Waals surface area contributed by atoms with Crippen molar-refractivity contribution >= 4 is 29.4 Å². The largest absolute Gasteiger partial charge is 0.408 e. The zero-order valence-electron chi connectivity index (χ0n) is 20.3. The number of likely N-dealkylation sites (tertiary alicyclic amines) is 1. The van der Waals surface area contributed by atoms with Crippen LogP contribution in [0, 0.1) is 11.8 Å². The van der Waals surface area contributed by atoms with Crippen LogP contribution in [0.1, 0.15) is 37.7 Å². The second kappa shape index (κ2) is 10.7. The van der Waals surface area contributed by atoms with Gasteiger partial charge >= 0.3 is 12.2 Å². The number of β-lactam (4-membered cyclic amide) rings is 1. The molecule has 0 aromatic carbocycles. The van der Waals surface area contributed by atoms with E-state index in [4.69, 9.17) is 5.73 Å². The topological polar surface area (TPSA) is 122 Å². The van der Waals surface area contributed by atoms with E-state index in [1.165, 1.54) is 30.5 Å². The first kappa shape index (κ1) is 26.4. The van der Waals surface area contributed by atoms with Crippen LogP contribution >= 0.6 is 0 Å². The molecule has 1 saturated heterocycles. The van der Waals surface area contributed by atoms with E-state index < -0.39 is 47.9 Å². The van der Waals surface area contributed by atoms with Gasteiger partial charge < -0.3 is 16.0 Å². The molecule has 1 aliphatic carbocycles. The molecule has 2 aromatic rings. The number of hydrogen-bond acceptors (Lipinski definition) is 6. The second-order valence-electron chi connectivity index (χ2n) is 9.53. The van der Waals surface area contributed by atoms with Gasteiger partial charge in [-0.15, -0.1) is 0 Å². The monoisotopic (exact) mass is 518 g/mol. The average Bonchev–Trinajstić information content (AvgIpc) is 2.88. The van der Waals surface area contributed by atoms with Crippen LogP contribution in [0.25, 0.3) is 0 Å². The number of likely N-dealkylation sites (N-methyl/N-ethyl adjacent to an activating group) is 1. The van der Waals surface area contributed by atoms with Gasteiger partial charge in [0.15, 0.2) is 0 Å². The van der Waals surface area contributed by atoms with Crippen molar-refractivity contribution in [3.63, 3.8) is 0 Å². The summed E-state index contributed by atoms with van der Waals surface area (Å²) >= 11 is 0. The van der Waals surface area contributed by atoms with Gasteiger partial charge in [-0.25, -0.2) is 9.78 Å². The van der Waals surface area contributed by atoms with E-state index in [0.717, 1.165) is 6.42 Å². The number of nitrogens with zero attached hydrogens (tertiary/aromatic N) is 4. The summed E-state index contributed by atoms with van der Waals surface area (Å²) in [5.74, 6) is -2.86. The maximum absolute atomic E-state index is 13.9. The maximum Gasteiger partial charge on any atom is 0.408 e. The smallest absolute Gasteiger partial charge is 0.384 e. The molecule has 3 N–H and O–H groups in total. The normalized spacial score (nSPS) is 21.2. The van der Waals surface area contributed by atoms with Crippen molar-refractivity contribution in [1.29, 1.82) is 0 Å². The van der Waals surface area contributed by atoms with Crippen LogP contribution < -0.4 is 16.0 Å². The molecule has 3 heterocycles. The molecule has 4 rings (SSSR count). The lowest BCUT2D eigenvalue weighted by Gasteiger charge is -2.46. The number of carbonyl (C=O) groups is 3. The fraction of sp³-hybridized carbons (Fsp3) is 0.480. The van der Waals surface area contributed by atoms with Gasteiger partial charge in [0.05, 0.1) is 17.8 Å². The standard InChI is InChI=1S/C25H29F3N6O3/c1-33(17-8-5-10-30-14-17)23(36)20-18(12-15-9-11-31-19(29)13-15)22(35)34(20)24(37)32-21(25(26,27)28)16-6-3-2-4-7-16/h5,8-11,13-14,16,18,20-21H,2-4,6-7,12H2,1H3,(H2,29,31)(H,32,37)/t18?,20-,21-/m0/s1. The SMILES string of the molecule is CN(C(=O)[C@@H]1C(Cc2ccnc(N)c2)C(=O)N1C(=O)N[C@@H](C1CCCCC1)C(F)(F)F)c1cccnc1. The first-order valence-electron chi connectivity index (χ1n) is 12.2. The lowest BCUT2D eigenvalue weighted by Crippen LogP contribution is -2.71. The van der Waals surface area contributed by atoms with Crippen molar-refractivity contribution in [3.8, 4) is 0 Å². The van der Waals surface area contributed by atoms with Crippen molar-refractivity contribution in [3.05, 3.63) is 48.4 Å². The number of aromatic nitrogens is 2. The van der Waals surface area contributed by atoms with Crippen LogP contribution in [0.2, 0.25) is 0 Å². The Morgan fingerprint density at radius 2 is 1.95 bits per heavy atom. The van der Waals surface area contributed by atoms with Crippen molar-refractivity contribution in [2.45, 2.75) is 56.8 Å². The summed E-state index contributed by atoms with van der Waals surface area (Å²) in [5, 5.41) is 2.04. The van der Waals surface area contributed by atoms with Crippen LogP contribution in [-0.4, -0.2) is 58.0 Å². The van der Waals surface area contributed by atoms with Gasteiger partial charge in [0.2, 0.25) is 5.91 Å². The van der Waals surface area contributed by atoms with Gasteiger partial charge in [0, 0.05) is 19.4 Å². The minimum atomic E-state index is -4.69. The molecule has 12 heteroatoms.